The Hall–Kier alpha value is -3.69. The van der Waals surface area contributed by atoms with E-state index in [9.17, 15) is 14.7 Å². The lowest BCUT2D eigenvalue weighted by atomic mass is 10.0. The number of phenols is 1. The Kier molecular flexibility index (Phi) is 7.89. The van der Waals surface area contributed by atoms with Gasteiger partial charge in [0.25, 0.3) is 5.24 Å². The van der Waals surface area contributed by atoms with Gasteiger partial charge in [0, 0.05) is 6.07 Å². The molecule has 0 saturated carbocycles. The van der Waals surface area contributed by atoms with Gasteiger partial charge in [-0.2, -0.15) is 0 Å². The Morgan fingerprint density at radius 1 is 1.03 bits per heavy atom. The van der Waals surface area contributed by atoms with Crippen molar-refractivity contribution in [2.45, 2.75) is 45.5 Å². The zero-order valence-electron chi connectivity index (χ0n) is 21.3. The Labute approximate surface area is 230 Å². The Morgan fingerprint density at radius 3 is 2.42 bits per heavy atom. The van der Waals surface area contributed by atoms with Crippen LogP contribution >= 0.6 is 24.2 Å². The number of aromatic hydroxyl groups is 1. The summed E-state index contributed by atoms with van der Waals surface area (Å²) in [4.78, 5) is 31.1. The Balaban J connectivity index is 0.00000336. The summed E-state index contributed by atoms with van der Waals surface area (Å²) < 4.78 is 12.2. The third kappa shape index (κ3) is 5.58. The van der Waals surface area contributed by atoms with Crippen LogP contribution < -0.4 is 14.8 Å². The number of thioether (sulfide) groups is 1. The number of imidazole rings is 1. The van der Waals surface area contributed by atoms with Crippen molar-refractivity contribution in [3.63, 3.8) is 0 Å². The number of halogens is 1. The molecule has 0 aliphatic carbocycles. The summed E-state index contributed by atoms with van der Waals surface area (Å²) in [6, 6.07) is 15.0. The minimum Gasteiger partial charge on any atom is -0.507 e. The number of hydrogen-bond acceptors (Lipinski definition) is 7. The van der Waals surface area contributed by atoms with E-state index in [0.717, 1.165) is 45.0 Å². The number of aromatic nitrogens is 2. The molecular weight excluding hydrogens is 526 g/mol. The van der Waals surface area contributed by atoms with Crippen LogP contribution in [0.1, 0.15) is 41.1 Å². The normalized spacial score (nSPS) is 15.7. The van der Waals surface area contributed by atoms with E-state index in [0.29, 0.717) is 35.2 Å². The highest BCUT2D eigenvalue weighted by atomic mass is 35.5. The summed E-state index contributed by atoms with van der Waals surface area (Å²) in [5.41, 5.74) is 5.03. The summed E-state index contributed by atoms with van der Waals surface area (Å²) in [7, 11) is 0. The van der Waals surface area contributed by atoms with Crippen LogP contribution in [-0.2, 0) is 11.2 Å². The lowest BCUT2D eigenvalue weighted by Crippen LogP contribution is -2.25. The van der Waals surface area contributed by atoms with Crippen LogP contribution in [0.15, 0.2) is 48.5 Å². The first-order valence-corrected chi connectivity index (χ1v) is 12.8. The van der Waals surface area contributed by atoms with E-state index >= 15 is 0 Å². The molecule has 1 saturated heterocycles. The van der Waals surface area contributed by atoms with Crippen LogP contribution in [0.2, 0.25) is 0 Å². The van der Waals surface area contributed by atoms with Crippen molar-refractivity contribution in [2.75, 3.05) is 0 Å². The average Bonchev–Trinajstić information content (AvgIpc) is 3.44. The average molecular weight is 554 g/mol. The van der Waals surface area contributed by atoms with E-state index in [1.165, 1.54) is 0 Å². The second-order valence-corrected chi connectivity index (χ2v) is 10.4. The van der Waals surface area contributed by atoms with Gasteiger partial charge in [0.1, 0.15) is 28.8 Å². The van der Waals surface area contributed by atoms with Crippen molar-refractivity contribution in [3.05, 3.63) is 76.6 Å². The molecule has 8 nitrogen and oxygen atoms in total. The number of benzene rings is 3. The number of ether oxygens (including phenoxy) is 2. The third-order valence-corrected chi connectivity index (χ3v) is 7.50. The maximum Gasteiger partial charge on any atom is 0.286 e. The van der Waals surface area contributed by atoms with E-state index in [1.54, 1.807) is 0 Å². The molecule has 1 fully saturated rings. The summed E-state index contributed by atoms with van der Waals surface area (Å²) >= 11 is 1.02. The highest BCUT2D eigenvalue weighted by Crippen LogP contribution is 2.35. The molecule has 0 radical (unpaired) electrons. The highest BCUT2D eigenvalue weighted by molar-refractivity contribution is 8.15. The van der Waals surface area contributed by atoms with E-state index in [2.05, 4.69) is 15.3 Å². The molecule has 3 N–H and O–H groups in total. The number of amides is 2. The Morgan fingerprint density at radius 2 is 1.74 bits per heavy atom. The number of hydrogen-bond donors (Lipinski definition) is 3. The van der Waals surface area contributed by atoms with Gasteiger partial charge in [-0.3, -0.25) is 14.9 Å². The van der Waals surface area contributed by atoms with E-state index < -0.39 is 5.25 Å². The first kappa shape index (κ1) is 27.3. The van der Waals surface area contributed by atoms with Crippen LogP contribution in [-0.4, -0.2) is 31.5 Å². The van der Waals surface area contributed by atoms with Gasteiger partial charge in [-0.15, -0.1) is 12.4 Å². The lowest BCUT2D eigenvalue weighted by Gasteiger charge is -2.14. The van der Waals surface area contributed by atoms with Crippen LogP contribution in [0.3, 0.4) is 0 Å². The molecule has 2 heterocycles. The second-order valence-electron chi connectivity index (χ2n) is 9.18. The number of nitrogens with zero attached hydrogens (tertiary/aromatic N) is 1. The molecule has 2 atom stereocenters. The fourth-order valence-electron chi connectivity index (χ4n) is 4.23. The number of phenolic OH excluding ortho intramolecular Hbond substituents is 1. The summed E-state index contributed by atoms with van der Waals surface area (Å²) in [5, 5.41) is 11.8. The molecular formula is C28H28ClN3O5S. The van der Waals surface area contributed by atoms with Gasteiger partial charge in [0.2, 0.25) is 5.91 Å². The fourth-order valence-corrected chi connectivity index (χ4v) is 5.09. The quantitative estimate of drug-likeness (QED) is 0.241. The van der Waals surface area contributed by atoms with Gasteiger partial charge < -0.3 is 19.6 Å². The molecule has 3 aromatic carbocycles. The molecule has 1 aromatic heterocycles. The standard InChI is InChI=1S/C28H27N3O5S.ClH/c1-14-11-23(15(2)16(3)25(14)32)36-20-9-10-21-22(13-20)30-26(29-21)17(4)35-19-7-5-18(6-8-19)12-24-27(33)31-28(34)37-24;/h5-11,13,17,24,32H,12H2,1-4H3,(H,29,30)(H,31,33,34);1H. The maximum absolute atomic E-state index is 11.8. The van der Waals surface area contributed by atoms with Gasteiger partial charge in [0.15, 0.2) is 6.10 Å². The van der Waals surface area contributed by atoms with Crippen molar-refractivity contribution in [1.82, 2.24) is 15.3 Å². The lowest BCUT2D eigenvalue weighted by molar-refractivity contribution is -0.118. The second kappa shape index (κ2) is 11.0. The van der Waals surface area contributed by atoms with Crippen molar-refractivity contribution < 1.29 is 24.2 Å². The van der Waals surface area contributed by atoms with Crippen LogP contribution in [0.5, 0.6) is 23.0 Å². The highest BCUT2D eigenvalue weighted by Gasteiger charge is 2.31. The molecule has 4 aromatic rings. The number of fused-ring (bicyclic) bond motifs is 1. The molecule has 1 aliphatic heterocycles. The number of rotatable bonds is 7. The van der Waals surface area contributed by atoms with Crippen LogP contribution in [0.25, 0.3) is 11.0 Å². The summed E-state index contributed by atoms with van der Waals surface area (Å²) in [6.07, 6.45) is 0.149. The molecule has 10 heteroatoms. The first-order valence-electron chi connectivity index (χ1n) is 11.9. The van der Waals surface area contributed by atoms with Gasteiger partial charge in [0.05, 0.1) is 16.3 Å². The summed E-state index contributed by atoms with van der Waals surface area (Å²) in [5.74, 6) is 2.76. The molecule has 198 valence electrons. The predicted molar refractivity (Wildman–Crippen MR) is 150 cm³/mol. The third-order valence-electron chi connectivity index (χ3n) is 6.52. The molecule has 1 aliphatic rings. The van der Waals surface area contributed by atoms with E-state index in [-0.39, 0.29) is 29.7 Å². The molecule has 5 rings (SSSR count). The van der Waals surface area contributed by atoms with Crippen molar-refractivity contribution in [2.24, 2.45) is 0 Å². The maximum atomic E-state index is 11.8. The number of nitrogens with one attached hydrogen (secondary N) is 2. The molecule has 2 unspecified atom stereocenters. The Bertz CT molecular complexity index is 1520. The number of aryl methyl sites for hydroxylation is 1. The van der Waals surface area contributed by atoms with E-state index in [1.807, 2.05) is 76.2 Å². The SMILES string of the molecule is Cc1cc(Oc2ccc3nc(C(C)Oc4ccc(CC5SC(=O)NC5=O)cc4)[nH]c3c2)c(C)c(C)c1O.Cl. The fraction of sp³-hybridized carbons (Fsp3) is 0.250. The first-order chi connectivity index (χ1) is 17.7. The van der Waals surface area contributed by atoms with Crippen LogP contribution in [0, 0.1) is 20.8 Å². The molecule has 0 spiro atoms. The number of aromatic amines is 1. The van der Waals surface area contributed by atoms with Crippen molar-refractivity contribution >= 4 is 46.3 Å². The van der Waals surface area contributed by atoms with Gasteiger partial charge in [-0.1, -0.05) is 23.9 Å². The molecule has 38 heavy (non-hydrogen) atoms. The van der Waals surface area contributed by atoms with Crippen molar-refractivity contribution in [1.29, 1.82) is 0 Å². The minimum atomic E-state index is -0.395. The zero-order valence-corrected chi connectivity index (χ0v) is 23.0. The molecule has 0 bridgehead atoms. The van der Waals surface area contributed by atoms with Crippen molar-refractivity contribution in [3.8, 4) is 23.0 Å². The summed E-state index contributed by atoms with van der Waals surface area (Å²) in [6.45, 7) is 7.56. The molecule has 2 amide bonds. The van der Waals surface area contributed by atoms with Gasteiger partial charge in [-0.25, -0.2) is 4.98 Å². The van der Waals surface area contributed by atoms with E-state index in [4.69, 9.17) is 9.47 Å². The largest absolute Gasteiger partial charge is 0.507 e. The zero-order chi connectivity index (χ0) is 26.3. The monoisotopic (exact) mass is 553 g/mol. The van der Waals surface area contributed by atoms with Crippen LogP contribution in [0.4, 0.5) is 4.79 Å². The number of carbonyl (C=O) groups is 2. The minimum absolute atomic E-state index is 0. The van der Waals surface area contributed by atoms with Gasteiger partial charge >= 0.3 is 0 Å². The smallest absolute Gasteiger partial charge is 0.286 e. The predicted octanol–water partition coefficient (Wildman–Crippen LogP) is 6.44. The van der Waals surface area contributed by atoms with Gasteiger partial charge in [-0.05, 0) is 86.7 Å². The number of H-pyrrole nitrogens is 1. The topological polar surface area (TPSA) is 114 Å². The number of carbonyl (C=O) groups excluding carboxylic acids is 2. The number of imide groups is 1.